The van der Waals surface area contributed by atoms with E-state index in [0.717, 1.165) is 49.8 Å². The van der Waals surface area contributed by atoms with E-state index in [0.29, 0.717) is 6.54 Å². The maximum atomic E-state index is 12.8. The topological polar surface area (TPSA) is 52.7 Å². The number of carbonyl (C=O) groups is 2. The van der Waals surface area contributed by atoms with Crippen LogP contribution in [-0.2, 0) is 4.79 Å². The summed E-state index contributed by atoms with van der Waals surface area (Å²) in [5, 5.41) is 5.21. The summed E-state index contributed by atoms with van der Waals surface area (Å²) in [4.78, 5) is 30.5. The molecule has 0 unspecified atom stereocenters. The fraction of sp³-hybridized carbons (Fsp3) is 0.700. The Kier molecular flexibility index (Phi) is 5.60. The van der Waals surface area contributed by atoms with Crippen LogP contribution in [0.3, 0.4) is 0 Å². The van der Waals surface area contributed by atoms with Gasteiger partial charge in [-0.1, -0.05) is 18.9 Å². The van der Waals surface area contributed by atoms with Crippen LogP contribution in [0.5, 0.6) is 0 Å². The zero-order chi connectivity index (χ0) is 17.9. The van der Waals surface area contributed by atoms with Crippen molar-refractivity contribution in [2.24, 2.45) is 5.92 Å². The third-order valence-electron chi connectivity index (χ3n) is 6.22. The quantitative estimate of drug-likeness (QED) is 0.880. The normalized spacial score (nSPS) is 27.8. The predicted octanol–water partition coefficient (Wildman–Crippen LogP) is 2.73. The van der Waals surface area contributed by atoms with Crippen LogP contribution in [0.4, 0.5) is 0 Å². The van der Waals surface area contributed by atoms with Gasteiger partial charge in [-0.05, 0) is 43.6 Å². The van der Waals surface area contributed by atoms with Gasteiger partial charge in [-0.3, -0.25) is 14.5 Å². The summed E-state index contributed by atoms with van der Waals surface area (Å²) < 4.78 is 0. The molecular formula is C20H29N3O2S. The van der Waals surface area contributed by atoms with Crippen LogP contribution in [0.1, 0.15) is 54.6 Å². The lowest BCUT2D eigenvalue weighted by molar-refractivity contribution is -0.127. The van der Waals surface area contributed by atoms with Crippen LogP contribution in [0.25, 0.3) is 0 Å². The number of rotatable bonds is 4. The number of hydrogen-bond acceptors (Lipinski definition) is 4. The maximum absolute atomic E-state index is 12.8. The van der Waals surface area contributed by atoms with Crippen LogP contribution in [0.15, 0.2) is 17.5 Å². The number of amides is 2. The van der Waals surface area contributed by atoms with E-state index in [9.17, 15) is 9.59 Å². The highest BCUT2D eigenvalue weighted by Gasteiger charge is 2.34. The van der Waals surface area contributed by atoms with Gasteiger partial charge in [0, 0.05) is 38.3 Å². The summed E-state index contributed by atoms with van der Waals surface area (Å²) in [6.07, 6.45) is 8.22. The van der Waals surface area contributed by atoms with Gasteiger partial charge in [-0.2, -0.15) is 0 Å². The van der Waals surface area contributed by atoms with Crippen molar-refractivity contribution in [3.8, 4) is 0 Å². The molecule has 0 bridgehead atoms. The molecule has 0 spiro atoms. The largest absolute Gasteiger partial charge is 0.352 e. The molecule has 2 atom stereocenters. The zero-order valence-corrected chi connectivity index (χ0v) is 16.2. The van der Waals surface area contributed by atoms with E-state index in [4.69, 9.17) is 0 Å². The molecule has 1 N–H and O–H groups in total. The Morgan fingerprint density at radius 2 is 1.88 bits per heavy atom. The van der Waals surface area contributed by atoms with Crippen molar-refractivity contribution in [2.45, 2.75) is 57.0 Å². The van der Waals surface area contributed by atoms with Crippen LogP contribution < -0.4 is 5.32 Å². The summed E-state index contributed by atoms with van der Waals surface area (Å²) in [6.45, 7) is 3.44. The van der Waals surface area contributed by atoms with E-state index < -0.39 is 0 Å². The molecule has 4 rings (SSSR count). The summed E-state index contributed by atoms with van der Waals surface area (Å²) in [7, 11) is 0. The Balaban J connectivity index is 1.28. The predicted molar refractivity (Wildman–Crippen MR) is 103 cm³/mol. The molecule has 1 aromatic heterocycles. The lowest BCUT2D eigenvalue weighted by atomic mass is 9.96. The number of thiophene rings is 1. The van der Waals surface area contributed by atoms with Crippen molar-refractivity contribution in [3.63, 3.8) is 0 Å². The summed E-state index contributed by atoms with van der Waals surface area (Å²) in [5.74, 6) is 0.158. The fourth-order valence-corrected chi connectivity index (χ4v) is 5.45. The van der Waals surface area contributed by atoms with Gasteiger partial charge in [0.15, 0.2) is 0 Å². The lowest BCUT2D eigenvalue weighted by Crippen LogP contribution is -2.48. The average molecular weight is 376 g/mol. The second-order valence-electron chi connectivity index (χ2n) is 8.00. The highest BCUT2D eigenvalue weighted by molar-refractivity contribution is 7.12. The molecule has 142 valence electrons. The van der Waals surface area contributed by atoms with Crippen molar-refractivity contribution in [3.05, 3.63) is 22.4 Å². The van der Waals surface area contributed by atoms with Crippen molar-refractivity contribution in [1.82, 2.24) is 15.1 Å². The van der Waals surface area contributed by atoms with Crippen LogP contribution >= 0.6 is 11.3 Å². The van der Waals surface area contributed by atoms with Gasteiger partial charge in [0.05, 0.1) is 10.8 Å². The van der Waals surface area contributed by atoms with Gasteiger partial charge in [0.1, 0.15) is 0 Å². The van der Waals surface area contributed by atoms with E-state index in [1.165, 1.54) is 37.0 Å². The maximum Gasteiger partial charge on any atom is 0.263 e. The van der Waals surface area contributed by atoms with Gasteiger partial charge >= 0.3 is 0 Å². The number of likely N-dealkylation sites (tertiary alicyclic amines) is 2. The van der Waals surface area contributed by atoms with E-state index in [2.05, 4.69) is 10.2 Å². The Morgan fingerprint density at radius 3 is 2.65 bits per heavy atom. The minimum Gasteiger partial charge on any atom is -0.352 e. The molecule has 6 heteroatoms. The number of nitrogens with one attached hydrogen (secondary N) is 1. The first-order chi connectivity index (χ1) is 12.7. The molecule has 26 heavy (non-hydrogen) atoms. The minimum absolute atomic E-state index is 0.0619. The molecule has 1 aromatic rings. The molecule has 2 saturated heterocycles. The molecule has 1 aliphatic carbocycles. The monoisotopic (exact) mass is 375 g/mol. The second-order valence-corrected chi connectivity index (χ2v) is 8.94. The summed E-state index contributed by atoms with van der Waals surface area (Å²) in [5.41, 5.74) is 0. The number of hydrogen-bond donors (Lipinski definition) is 1. The molecule has 3 aliphatic rings. The van der Waals surface area contributed by atoms with Crippen LogP contribution in [-0.4, -0.2) is 59.9 Å². The van der Waals surface area contributed by atoms with Crippen molar-refractivity contribution in [2.75, 3.05) is 26.2 Å². The molecular weight excluding hydrogens is 346 g/mol. The number of piperidine rings is 1. The summed E-state index contributed by atoms with van der Waals surface area (Å²) in [6, 6.07) is 4.80. The van der Waals surface area contributed by atoms with Crippen molar-refractivity contribution >= 4 is 23.2 Å². The number of carbonyl (C=O) groups excluding carboxylic acids is 2. The molecule has 3 fully saturated rings. The first kappa shape index (κ1) is 18.0. The Bertz CT molecular complexity index is 627. The van der Waals surface area contributed by atoms with Gasteiger partial charge in [-0.15, -0.1) is 11.3 Å². The SMILES string of the molecule is O=C(N[C@H]1CCN(C2CCCC2)C1)[C@H]1CCCN(C(=O)c2cccs2)C1. The Morgan fingerprint density at radius 1 is 1.04 bits per heavy atom. The molecule has 2 aliphatic heterocycles. The highest BCUT2D eigenvalue weighted by Crippen LogP contribution is 2.27. The molecule has 0 radical (unpaired) electrons. The minimum atomic E-state index is -0.0619. The molecule has 3 heterocycles. The summed E-state index contributed by atoms with van der Waals surface area (Å²) >= 11 is 1.48. The Hall–Kier alpha value is -1.40. The fourth-order valence-electron chi connectivity index (χ4n) is 4.76. The standard InChI is InChI=1S/C20H29N3O2S/c24-19(21-16-9-11-22(14-16)17-6-1-2-7-17)15-5-3-10-23(13-15)20(25)18-8-4-12-26-18/h4,8,12,15-17H,1-3,5-7,9-11,13-14H2,(H,21,24)/t15-,16-/m0/s1. The lowest BCUT2D eigenvalue weighted by Gasteiger charge is -2.32. The zero-order valence-electron chi connectivity index (χ0n) is 15.4. The number of nitrogens with zero attached hydrogens (tertiary/aromatic N) is 2. The van der Waals surface area contributed by atoms with E-state index in [1.54, 1.807) is 0 Å². The second kappa shape index (κ2) is 8.09. The third-order valence-corrected chi connectivity index (χ3v) is 7.08. The first-order valence-electron chi connectivity index (χ1n) is 10.1. The third kappa shape index (κ3) is 3.96. The average Bonchev–Trinajstić information content (AvgIpc) is 3.42. The van der Waals surface area contributed by atoms with E-state index >= 15 is 0 Å². The van der Waals surface area contributed by atoms with E-state index in [1.807, 2.05) is 22.4 Å². The highest BCUT2D eigenvalue weighted by atomic mass is 32.1. The van der Waals surface area contributed by atoms with Gasteiger partial charge in [-0.25, -0.2) is 0 Å². The van der Waals surface area contributed by atoms with Crippen molar-refractivity contribution < 1.29 is 9.59 Å². The van der Waals surface area contributed by atoms with Gasteiger partial charge < -0.3 is 10.2 Å². The van der Waals surface area contributed by atoms with Gasteiger partial charge in [0.2, 0.25) is 5.91 Å². The van der Waals surface area contributed by atoms with E-state index in [-0.39, 0.29) is 23.8 Å². The molecule has 0 aromatic carbocycles. The molecule has 5 nitrogen and oxygen atoms in total. The molecule has 1 saturated carbocycles. The van der Waals surface area contributed by atoms with Gasteiger partial charge in [0.25, 0.3) is 5.91 Å². The Labute approximate surface area is 159 Å². The van der Waals surface area contributed by atoms with Crippen molar-refractivity contribution in [1.29, 1.82) is 0 Å². The van der Waals surface area contributed by atoms with Crippen LogP contribution in [0, 0.1) is 5.92 Å². The smallest absolute Gasteiger partial charge is 0.263 e. The first-order valence-corrected chi connectivity index (χ1v) is 11.0. The molecule has 2 amide bonds. The van der Waals surface area contributed by atoms with Crippen LogP contribution in [0.2, 0.25) is 0 Å².